The zero-order chi connectivity index (χ0) is 25.0. The molecule has 0 bridgehead atoms. The summed E-state index contributed by atoms with van der Waals surface area (Å²) >= 11 is 12.6. The Kier molecular flexibility index (Phi) is 5.67. The molecule has 2 fully saturated rings. The standard InChI is InChI=1S/C27H23Cl2N3O4/c28-18-10-7-16(8-11-18)15-36-23-12-9-17(14-20(23)29)24-22-6-3-13-31(22)27(25(24)32(34)35)19-4-1-2-5-21(19)30-26(27)33/h1-2,4-5,7-12,14,22,24-25H,3,6,13,15H2,(H,30,33)/t22-,24+,25-,27+/m1/s1. The van der Waals surface area contributed by atoms with E-state index in [1.54, 1.807) is 30.3 Å². The van der Waals surface area contributed by atoms with E-state index in [9.17, 15) is 14.9 Å². The molecule has 1 amide bonds. The highest BCUT2D eigenvalue weighted by Gasteiger charge is 2.73. The molecule has 3 aromatic carbocycles. The third kappa shape index (κ3) is 3.41. The van der Waals surface area contributed by atoms with E-state index in [1.165, 1.54) is 0 Å². The summed E-state index contributed by atoms with van der Waals surface area (Å²) in [7, 11) is 0. The van der Waals surface area contributed by atoms with Crippen molar-refractivity contribution in [2.75, 3.05) is 11.9 Å². The first-order valence-corrected chi connectivity index (χ1v) is 12.6. The monoisotopic (exact) mass is 523 g/mol. The number of halogens is 2. The van der Waals surface area contributed by atoms with E-state index in [-0.39, 0.29) is 16.9 Å². The highest BCUT2D eigenvalue weighted by atomic mass is 35.5. The number of rotatable bonds is 5. The Hall–Kier alpha value is -3.13. The van der Waals surface area contributed by atoms with Gasteiger partial charge in [0.25, 0.3) is 11.9 Å². The zero-order valence-electron chi connectivity index (χ0n) is 19.2. The van der Waals surface area contributed by atoms with E-state index in [2.05, 4.69) is 10.2 Å². The molecule has 184 valence electrons. The molecule has 3 heterocycles. The molecule has 2 saturated heterocycles. The summed E-state index contributed by atoms with van der Waals surface area (Å²) in [5.41, 5.74) is 1.66. The Labute approximate surface area is 218 Å². The third-order valence-corrected chi connectivity index (χ3v) is 8.29. The molecule has 0 aromatic heterocycles. The lowest BCUT2D eigenvalue weighted by atomic mass is 9.77. The van der Waals surface area contributed by atoms with Crippen molar-refractivity contribution in [3.8, 4) is 5.75 Å². The molecule has 0 saturated carbocycles. The Morgan fingerprint density at radius 1 is 1.11 bits per heavy atom. The number of nitrogens with one attached hydrogen (secondary N) is 1. The smallest absolute Gasteiger partial charge is 0.256 e. The van der Waals surface area contributed by atoms with Crippen LogP contribution in [0.15, 0.2) is 66.7 Å². The highest BCUT2D eigenvalue weighted by molar-refractivity contribution is 6.32. The normalized spacial score (nSPS) is 26.6. The van der Waals surface area contributed by atoms with E-state index >= 15 is 0 Å². The van der Waals surface area contributed by atoms with Crippen molar-refractivity contribution in [2.45, 2.75) is 43.0 Å². The van der Waals surface area contributed by atoms with Crippen LogP contribution in [0.2, 0.25) is 10.0 Å². The van der Waals surface area contributed by atoms with Gasteiger partial charge in [-0.3, -0.25) is 19.8 Å². The van der Waals surface area contributed by atoms with Crippen LogP contribution in [0.5, 0.6) is 5.75 Å². The molecule has 1 N–H and O–H groups in total. The minimum atomic E-state index is -1.35. The second kappa shape index (κ2) is 8.76. The number of carbonyl (C=O) groups is 1. The Morgan fingerprint density at radius 2 is 1.89 bits per heavy atom. The van der Waals surface area contributed by atoms with Crippen molar-refractivity contribution >= 4 is 34.8 Å². The number of para-hydroxylation sites is 1. The van der Waals surface area contributed by atoms with Crippen molar-refractivity contribution in [1.82, 2.24) is 4.90 Å². The Bertz CT molecular complexity index is 1370. The fraction of sp³-hybridized carbons (Fsp3) is 0.296. The van der Waals surface area contributed by atoms with Gasteiger partial charge < -0.3 is 10.1 Å². The molecule has 0 unspecified atom stereocenters. The average molecular weight is 524 g/mol. The molecule has 3 aromatic rings. The number of anilines is 1. The fourth-order valence-corrected chi connectivity index (χ4v) is 6.73. The minimum Gasteiger partial charge on any atom is -0.487 e. The summed E-state index contributed by atoms with van der Waals surface area (Å²) in [4.78, 5) is 28.0. The fourth-order valence-electron chi connectivity index (χ4n) is 6.36. The van der Waals surface area contributed by atoms with Crippen LogP contribution in [0.3, 0.4) is 0 Å². The van der Waals surface area contributed by atoms with Gasteiger partial charge in [-0.05, 0) is 54.3 Å². The molecule has 4 atom stereocenters. The van der Waals surface area contributed by atoms with Crippen LogP contribution in [0, 0.1) is 10.1 Å². The van der Waals surface area contributed by atoms with Gasteiger partial charge in [-0.1, -0.05) is 59.6 Å². The van der Waals surface area contributed by atoms with Crippen LogP contribution < -0.4 is 10.1 Å². The first-order chi connectivity index (χ1) is 17.4. The molecular formula is C27H23Cl2N3O4. The van der Waals surface area contributed by atoms with E-state index in [0.29, 0.717) is 40.2 Å². The van der Waals surface area contributed by atoms with Crippen LogP contribution in [-0.4, -0.2) is 34.4 Å². The molecule has 36 heavy (non-hydrogen) atoms. The number of carbonyl (C=O) groups excluding carboxylic acids is 1. The first-order valence-electron chi connectivity index (χ1n) is 11.9. The molecule has 1 spiro atoms. The van der Waals surface area contributed by atoms with Crippen molar-refractivity contribution in [1.29, 1.82) is 0 Å². The SMILES string of the molecule is O=C1Nc2ccccc2[C@]12[C@H]([N+](=O)[O-])[C@@H](c1ccc(OCc3ccc(Cl)cc3)c(Cl)c1)[C@H]1CCCN12. The number of hydrogen-bond acceptors (Lipinski definition) is 5. The highest BCUT2D eigenvalue weighted by Crippen LogP contribution is 2.58. The van der Waals surface area contributed by atoms with Gasteiger partial charge in [-0.15, -0.1) is 0 Å². The van der Waals surface area contributed by atoms with Gasteiger partial charge in [0.15, 0.2) is 5.54 Å². The molecule has 0 radical (unpaired) electrons. The average Bonchev–Trinajstić information content (AvgIpc) is 3.52. The van der Waals surface area contributed by atoms with Gasteiger partial charge in [0.2, 0.25) is 0 Å². The van der Waals surface area contributed by atoms with Crippen LogP contribution in [0.25, 0.3) is 0 Å². The number of benzene rings is 3. The van der Waals surface area contributed by atoms with Gasteiger partial charge >= 0.3 is 0 Å². The number of hydrogen-bond donors (Lipinski definition) is 1. The lowest BCUT2D eigenvalue weighted by Gasteiger charge is -2.32. The maximum Gasteiger partial charge on any atom is 0.256 e. The maximum absolute atomic E-state index is 13.5. The Morgan fingerprint density at radius 3 is 2.64 bits per heavy atom. The molecular weight excluding hydrogens is 501 g/mol. The van der Waals surface area contributed by atoms with Crippen LogP contribution in [0.1, 0.15) is 35.4 Å². The lowest BCUT2D eigenvalue weighted by molar-refractivity contribution is -0.534. The summed E-state index contributed by atoms with van der Waals surface area (Å²) in [6, 6.07) is 18.7. The third-order valence-electron chi connectivity index (χ3n) is 7.74. The lowest BCUT2D eigenvalue weighted by Crippen LogP contribution is -2.55. The molecule has 0 aliphatic carbocycles. The molecule has 6 rings (SSSR count). The predicted octanol–water partition coefficient (Wildman–Crippen LogP) is 5.63. The van der Waals surface area contributed by atoms with Gasteiger partial charge in [0, 0.05) is 33.8 Å². The summed E-state index contributed by atoms with van der Waals surface area (Å²) in [5.74, 6) is -0.330. The van der Waals surface area contributed by atoms with Crippen molar-refractivity contribution in [3.63, 3.8) is 0 Å². The van der Waals surface area contributed by atoms with E-state index in [0.717, 1.165) is 24.0 Å². The van der Waals surface area contributed by atoms with Crippen LogP contribution in [-0.2, 0) is 16.9 Å². The van der Waals surface area contributed by atoms with Gasteiger partial charge in [-0.25, -0.2) is 0 Å². The van der Waals surface area contributed by atoms with Gasteiger partial charge in [0.1, 0.15) is 12.4 Å². The minimum absolute atomic E-state index is 0.144. The number of ether oxygens (including phenoxy) is 1. The molecule has 7 nitrogen and oxygen atoms in total. The Balaban J connectivity index is 1.37. The maximum atomic E-state index is 13.5. The summed E-state index contributed by atoms with van der Waals surface area (Å²) in [6.45, 7) is 0.941. The molecule has 9 heteroatoms. The van der Waals surface area contributed by atoms with Crippen LogP contribution in [0.4, 0.5) is 5.69 Å². The number of nitro groups is 1. The molecule has 3 aliphatic heterocycles. The zero-order valence-corrected chi connectivity index (χ0v) is 20.7. The predicted molar refractivity (Wildman–Crippen MR) is 137 cm³/mol. The van der Waals surface area contributed by atoms with Crippen molar-refractivity contribution < 1.29 is 14.5 Å². The summed E-state index contributed by atoms with van der Waals surface area (Å²) in [5, 5.41) is 16.6. The second-order valence-corrected chi connectivity index (χ2v) is 10.4. The first kappa shape index (κ1) is 23.3. The van der Waals surface area contributed by atoms with E-state index in [4.69, 9.17) is 27.9 Å². The summed E-state index contributed by atoms with van der Waals surface area (Å²) < 4.78 is 5.91. The topological polar surface area (TPSA) is 84.7 Å². The van der Waals surface area contributed by atoms with Crippen molar-refractivity contribution in [3.05, 3.63) is 104 Å². The number of amides is 1. The number of nitrogens with zero attached hydrogens (tertiary/aromatic N) is 2. The van der Waals surface area contributed by atoms with E-state index in [1.807, 2.05) is 36.4 Å². The molecule has 3 aliphatic rings. The second-order valence-electron chi connectivity index (χ2n) is 9.53. The quantitative estimate of drug-likeness (QED) is 0.346. The van der Waals surface area contributed by atoms with Crippen LogP contribution >= 0.6 is 23.2 Å². The number of fused-ring (bicyclic) bond motifs is 4. The summed E-state index contributed by atoms with van der Waals surface area (Å²) in [6.07, 6.45) is 1.65. The largest absolute Gasteiger partial charge is 0.487 e. The van der Waals surface area contributed by atoms with Gasteiger partial charge in [-0.2, -0.15) is 0 Å². The van der Waals surface area contributed by atoms with Gasteiger partial charge in [0.05, 0.1) is 10.9 Å². The van der Waals surface area contributed by atoms with E-state index < -0.39 is 17.5 Å². The van der Waals surface area contributed by atoms with Crippen molar-refractivity contribution in [2.24, 2.45) is 0 Å².